The van der Waals surface area contributed by atoms with E-state index < -0.39 is 35.4 Å². The third-order valence-corrected chi connectivity index (χ3v) is 5.83. The predicted octanol–water partition coefficient (Wildman–Crippen LogP) is 4.67. The molecule has 0 aliphatic heterocycles. The molecule has 0 amide bonds. The third-order valence-electron chi connectivity index (χ3n) is 5.83. The fourth-order valence-electron chi connectivity index (χ4n) is 3.76. The first-order valence-corrected chi connectivity index (χ1v) is 13.2. The number of hydrogen-bond acceptors (Lipinski definition) is 7. The van der Waals surface area contributed by atoms with Crippen LogP contribution in [0.15, 0.2) is 33.9 Å². The van der Waals surface area contributed by atoms with Crippen LogP contribution in [0.5, 0.6) is 11.5 Å². The van der Waals surface area contributed by atoms with Crippen molar-refractivity contribution in [1.29, 1.82) is 0 Å². The monoisotopic (exact) mass is 557 g/mol. The van der Waals surface area contributed by atoms with Gasteiger partial charge in [0.25, 0.3) is 5.56 Å². The highest BCUT2D eigenvalue weighted by Crippen LogP contribution is 2.23. The van der Waals surface area contributed by atoms with Crippen molar-refractivity contribution in [2.45, 2.75) is 97.5 Å². The molecule has 2 rings (SSSR count). The molecule has 2 aromatic rings. The van der Waals surface area contributed by atoms with Crippen molar-refractivity contribution < 1.29 is 32.2 Å². The second-order valence-corrected chi connectivity index (χ2v) is 9.59. The molecule has 0 saturated heterocycles. The van der Waals surface area contributed by atoms with Gasteiger partial charge in [0.05, 0.1) is 13.2 Å². The summed E-state index contributed by atoms with van der Waals surface area (Å²) in [6, 6.07) is 6.44. The molecular formula is C27H38F3N3O6. The summed E-state index contributed by atoms with van der Waals surface area (Å²) in [6.45, 7) is 6.80. The van der Waals surface area contributed by atoms with E-state index in [0.29, 0.717) is 24.3 Å². The van der Waals surface area contributed by atoms with Gasteiger partial charge in [-0.1, -0.05) is 26.2 Å². The molecule has 0 bridgehead atoms. The molecule has 0 aliphatic rings. The van der Waals surface area contributed by atoms with Crippen LogP contribution >= 0.6 is 0 Å². The van der Waals surface area contributed by atoms with Gasteiger partial charge >= 0.3 is 17.8 Å². The number of esters is 1. The van der Waals surface area contributed by atoms with E-state index in [9.17, 15) is 27.6 Å². The lowest BCUT2D eigenvalue weighted by molar-refractivity contribution is -0.158. The quantitative estimate of drug-likeness (QED) is 0.218. The molecule has 1 aromatic carbocycles. The molecule has 0 saturated carbocycles. The van der Waals surface area contributed by atoms with Gasteiger partial charge < -0.3 is 14.2 Å². The molecule has 0 spiro atoms. The van der Waals surface area contributed by atoms with Crippen molar-refractivity contribution in [3.8, 4) is 11.5 Å². The Morgan fingerprint density at radius 1 is 0.949 bits per heavy atom. The van der Waals surface area contributed by atoms with Crippen molar-refractivity contribution in [3.05, 3.63) is 50.8 Å². The van der Waals surface area contributed by atoms with Gasteiger partial charge in [-0.25, -0.2) is 14.3 Å². The predicted molar refractivity (Wildman–Crippen MR) is 139 cm³/mol. The maximum atomic E-state index is 13.0. The molecule has 0 aliphatic carbocycles. The molecular weight excluding hydrogens is 519 g/mol. The summed E-state index contributed by atoms with van der Waals surface area (Å²) in [5, 5.41) is 4.09. The molecule has 0 atom stereocenters. The Morgan fingerprint density at radius 3 is 2.23 bits per heavy atom. The van der Waals surface area contributed by atoms with E-state index in [2.05, 4.69) is 12.0 Å². The fraction of sp³-hybridized carbons (Fsp3) is 0.630. The lowest BCUT2D eigenvalue weighted by Crippen LogP contribution is -2.44. The number of aromatic nitrogens is 3. The Kier molecular flexibility index (Phi) is 12.1. The van der Waals surface area contributed by atoms with E-state index in [4.69, 9.17) is 14.2 Å². The maximum Gasteiger partial charge on any atom is 0.389 e. The zero-order valence-corrected chi connectivity index (χ0v) is 23.0. The summed E-state index contributed by atoms with van der Waals surface area (Å²) in [6.07, 6.45) is -1.82. The average molecular weight is 558 g/mol. The number of ether oxygens (including phenoxy) is 3. The highest BCUT2D eigenvalue weighted by atomic mass is 19.4. The molecule has 39 heavy (non-hydrogen) atoms. The summed E-state index contributed by atoms with van der Waals surface area (Å²) >= 11 is 0. The van der Waals surface area contributed by atoms with E-state index >= 15 is 0 Å². The minimum absolute atomic E-state index is 0.0362. The molecule has 0 radical (unpaired) electrons. The lowest BCUT2D eigenvalue weighted by Gasteiger charge is -2.24. The number of unbranched alkanes of at least 4 members (excludes halogenated alkanes) is 3. The zero-order chi connectivity index (χ0) is 29.1. The molecule has 1 aromatic heterocycles. The second kappa shape index (κ2) is 14.7. The van der Waals surface area contributed by atoms with Crippen molar-refractivity contribution in [1.82, 2.24) is 14.3 Å². The SMILES string of the molecule is CCCCCCc1nn(CCCC(F)(F)F)c(=O)n(CCOc2ccc(OC(C)(C)C(=O)OCC)cc2)c1=O. The van der Waals surface area contributed by atoms with Crippen LogP contribution in [0.4, 0.5) is 13.2 Å². The minimum atomic E-state index is -4.34. The number of benzene rings is 1. The molecule has 1 heterocycles. The van der Waals surface area contributed by atoms with Gasteiger partial charge in [0.1, 0.15) is 23.8 Å². The molecule has 9 nitrogen and oxygen atoms in total. The van der Waals surface area contributed by atoms with Gasteiger partial charge in [0, 0.05) is 13.0 Å². The van der Waals surface area contributed by atoms with Crippen LogP contribution in [0, 0.1) is 0 Å². The third kappa shape index (κ3) is 10.4. The standard InChI is InChI=1S/C27H38F3N3O6/c1-5-7-8-9-11-22-23(34)32(25(36)33(31-22)17-10-16-27(28,29)30)18-19-38-20-12-14-21(15-13-20)39-26(3,4)24(35)37-6-2/h12-15H,5-11,16-19H2,1-4H3. The highest BCUT2D eigenvalue weighted by Gasteiger charge is 2.31. The number of hydrogen-bond donors (Lipinski definition) is 0. The number of carbonyl (C=O) groups excluding carboxylic acids is 1. The highest BCUT2D eigenvalue weighted by molar-refractivity contribution is 5.79. The van der Waals surface area contributed by atoms with Crippen LogP contribution < -0.4 is 20.7 Å². The Morgan fingerprint density at radius 2 is 1.62 bits per heavy atom. The Bertz CT molecular complexity index is 1170. The van der Waals surface area contributed by atoms with Crippen molar-refractivity contribution in [2.24, 2.45) is 0 Å². The number of aryl methyl sites for hydroxylation is 2. The van der Waals surface area contributed by atoms with E-state index in [-0.39, 0.29) is 38.4 Å². The van der Waals surface area contributed by atoms with E-state index in [1.807, 2.05) is 0 Å². The van der Waals surface area contributed by atoms with Gasteiger partial charge in [-0.2, -0.15) is 18.3 Å². The average Bonchev–Trinajstić information content (AvgIpc) is 2.86. The molecule has 0 N–H and O–H groups in total. The van der Waals surface area contributed by atoms with Crippen LogP contribution in [-0.2, 0) is 29.0 Å². The first-order valence-electron chi connectivity index (χ1n) is 13.2. The van der Waals surface area contributed by atoms with Crippen LogP contribution in [0.25, 0.3) is 0 Å². The molecule has 0 unspecified atom stereocenters. The van der Waals surface area contributed by atoms with Crippen molar-refractivity contribution in [2.75, 3.05) is 13.2 Å². The van der Waals surface area contributed by atoms with Crippen LogP contribution in [0.2, 0.25) is 0 Å². The molecule has 0 fully saturated rings. The van der Waals surface area contributed by atoms with E-state index in [1.165, 1.54) is 0 Å². The van der Waals surface area contributed by atoms with Crippen LogP contribution in [0.3, 0.4) is 0 Å². The van der Waals surface area contributed by atoms with E-state index in [0.717, 1.165) is 28.5 Å². The smallest absolute Gasteiger partial charge is 0.389 e. The van der Waals surface area contributed by atoms with Gasteiger partial charge in [0.2, 0.25) is 0 Å². The molecule has 12 heteroatoms. The lowest BCUT2D eigenvalue weighted by atomic mass is 10.1. The number of halogens is 3. The Hall–Kier alpha value is -3.31. The minimum Gasteiger partial charge on any atom is -0.492 e. The van der Waals surface area contributed by atoms with Crippen LogP contribution in [-0.4, -0.2) is 45.3 Å². The number of nitrogens with zero attached hydrogens (tertiary/aromatic N) is 3. The largest absolute Gasteiger partial charge is 0.492 e. The number of rotatable bonds is 16. The number of alkyl halides is 3. The van der Waals surface area contributed by atoms with Crippen molar-refractivity contribution >= 4 is 5.97 Å². The maximum absolute atomic E-state index is 13.0. The molecule has 218 valence electrons. The zero-order valence-electron chi connectivity index (χ0n) is 23.0. The second-order valence-electron chi connectivity index (χ2n) is 9.59. The number of carbonyl (C=O) groups is 1. The van der Waals surface area contributed by atoms with Crippen LogP contribution in [0.1, 0.15) is 71.9 Å². The summed E-state index contributed by atoms with van der Waals surface area (Å²) in [5.41, 5.74) is -2.36. The van der Waals surface area contributed by atoms with Gasteiger partial charge in [0.15, 0.2) is 5.60 Å². The van der Waals surface area contributed by atoms with Gasteiger partial charge in [-0.15, -0.1) is 0 Å². The van der Waals surface area contributed by atoms with Gasteiger partial charge in [-0.3, -0.25) is 9.36 Å². The summed E-state index contributed by atoms with van der Waals surface area (Å²) in [5.74, 6) is 0.353. The Labute approximate surface area is 225 Å². The summed E-state index contributed by atoms with van der Waals surface area (Å²) in [4.78, 5) is 37.8. The first-order chi connectivity index (χ1) is 18.4. The van der Waals surface area contributed by atoms with Crippen molar-refractivity contribution in [3.63, 3.8) is 0 Å². The Balaban J connectivity index is 2.11. The topological polar surface area (TPSA) is 102 Å². The van der Waals surface area contributed by atoms with Gasteiger partial charge in [-0.05, 0) is 64.3 Å². The summed E-state index contributed by atoms with van der Waals surface area (Å²) in [7, 11) is 0. The summed E-state index contributed by atoms with van der Waals surface area (Å²) < 4.78 is 56.1. The fourth-order valence-corrected chi connectivity index (χ4v) is 3.76. The van der Waals surface area contributed by atoms with E-state index in [1.54, 1.807) is 45.0 Å². The first kappa shape index (κ1) is 31.9. The normalized spacial score (nSPS) is 11.9.